The summed E-state index contributed by atoms with van der Waals surface area (Å²) in [4.78, 5) is 13.4. The summed E-state index contributed by atoms with van der Waals surface area (Å²) < 4.78 is 7.43. The van der Waals surface area contributed by atoms with E-state index in [1.165, 1.54) is 11.5 Å². The van der Waals surface area contributed by atoms with Gasteiger partial charge in [-0.2, -0.15) is 4.37 Å². The lowest BCUT2D eigenvalue weighted by Gasteiger charge is -2.12. The summed E-state index contributed by atoms with van der Waals surface area (Å²) in [6.45, 7) is 7.05. The third-order valence-corrected chi connectivity index (χ3v) is 4.77. The first-order valence-electron chi connectivity index (χ1n) is 6.95. The van der Waals surface area contributed by atoms with Crippen molar-refractivity contribution in [3.63, 3.8) is 0 Å². The first-order valence-corrected chi connectivity index (χ1v) is 8.54. The van der Waals surface area contributed by atoms with E-state index in [1.54, 1.807) is 24.2 Å². The standard InChI is InChI=1S/C15H17N5S2/c1-15(2,3)12-18-14(22-19-12)21-13-17-8-9-20(13)10-11-6-4-5-7-16-11/h4-9H,10H2,1-3H3. The van der Waals surface area contributed by atoms with Crippen molar-refractivity contribution in [3.05, 3.63) is 48.3 Å². The molecular formula is C15H17N5S2. The zero-order chi connectivity index (χ0) is 15.6. The molecule has 0 saturated carbocycles. The summed E-state index contributed by atoms with van der Waals surface area (Å²) in [5.74, 6) is 0.878. The number of hydrogen-bond donors (Lipinski definition) is 0. The summed E-state index contributed by atoms with van der Waals surface area (Å²) >= 11 is 2.97. The molecule has 0 radical (unpaired) electrons. The van der Waals surface area contributed by atoms with Gasteiger partial charge in [0.2, 0.25) is 0 Å². The van der Waals surface area contributed by atoms with Crippen LogP contribution < -0.4 is 0 Å². The monoisotopic (exact) mass is 331 g/mol. The third kappa shape index (κ3) is 3.53. The molecule has 22 heavy (non-hydrogen) atoms. The molecular weight excluding hydrogens is 314 g/mol. The molecule has 3 aromatic rings. The Bertz CT molecular complexity index is 743. The highest BCUT2D eigenvalue weighted by Crippen LogP contribution is 2.30. The molecule has 0 atom stereocenters. The van der Waals surface area contributed by atoms with Crippen molar-refractivity contribution in [1.29, 1.82) is 0 Å². The van der Waals surface area contributed by atoms with Crippen molar-refractivity contribution >= 4 is 23.3 Å². The van der Waals surface area contributed by atoms with E-state index in [0.29, 0.717) is 6.54 Å². The largest absolute Gasteiger partial charge is 0.320 e. The van der Waals surface area contributed by atoms with Crippen molar-refractivity contribution in [3.8, 4) is 0 Å². The van der Waals surface area contributed by atoms with Gasteiger partial charge in [-0.15, -0.1) is 0 Å². The Labute approximate surface area is 138 Å². The average molecular weight is 331 g/mol. The summed E-state index contributed by atoms with van der Waals surface area (Å²) in [7, 11) is 0. The van der Waals surface area contributed by atoms with Crippen LogP contribution in [0.4, 0.5) is 0 Å². The molecule has 0 spiro atoms. The first kappa shape index (κ1) is 15.2. The van der Waals surface area contributed by atoms with Crippen LogP contribution in [-0.2, 0) is 12.0 Å². The van der Waals surface area contributed by atoms with Crippen LogP contribution in [0.2, 0.25) is 0 Å². The third-order valence-electron chi connectivity index (χ3n) is 2.99. The number of pyridine rings is 1. The SMILES string of the molecule is CC(C)(C)c1nsc(Sc2nccn2Cc2ccccn2)n1. The molecule has 3 rings (SSSR count). The van der Waals surface area contributed by atoms with Crippen LogP contribution in [0.3, 0.4) is 0 Å². The van der Waals surface area contributed by atoms with Gasteiger partial charge in [-0.25, -0.2) is 9.97 Å². The molecule has 7 heteroatoms. The first-order chi connectivity index (χ1) is 10.5. The molecule has 0 N–H and O–H groups in total. The van der Waals surface area contributed by atoms with Gasteiger partial charge in [-0.3, -0.25) is 4.98 Å². The zero-order valence-corrected chi connectivity index (χ0v) is 14.4. The molecule has 0 bridgehead atoms. The molecule has 0 fully saturated rings. The normalized spacial score (nSPS) is 11.8. The predicted octanol–water partition coefficient (Wildman–Crippen LogP) is 3.63. The maximum atomic E-state index is 4.61. The highest BCUT2D eigenvalue weighted by molar-refractivity contribution is 8.00. The number of rotatable bonds is 4. The van der Waals surface area contributed by atoms with Gasteiger partial charge in [-0.05, 0) is 35.4 Å². The molecule has 5 nitrogen and oxygen atoms in total. The van der Waals surface area contributed by atoms with Crippen LogP contribution in [0.1, 0.15) is 32.3 Å². The second kappa shape index (κ2) is 6.18. The highest BCUT2D eigenvalue weighted by Gasteiger charge is 2.20. The van der Waals surface area contributed by atoms with Crippen LogP contribution >= 0.6 is 23.3 Å². The summed E-state index contributed by atoms with van der Waals surface area (Å²) in [6, 6.07) is 5.92. The maximum absolute atomic E-state index is 4.61. The van der Waals surface area contributed by atoms with Gasteiger partial charge >= 0.3 is 0 Å². The van der Waals surface area contributed by atoms with Crippen molar-refractivity contribution < 1.29 is 0 Å². The van der Waals surface area contributed by atoms with E-state index in [4.69, 9.17) is 0 Å². The van der Waals surface area contributed by atoms with E-state index in [9.17, 15) is 0 Å². The molecule has 114 valence electrons. The molecule has 0 aliphatic rings. The minimum atomic E-state index is -0.0291. The van der Waals surface area contributed by atoms with Gasteiger partial charge in [0.05, 0.1) is 12.2 Å². The maximum Gasteiger partial charge on any atom is 0.177 e. The Morgan fingerprint density at radius 2 is 2.05 bits per heavy atom. The quantitative estimate of drug-likeness (QED) is 0.731. The average Bonchev–Trinajstić information content (AvgIpc) is 3.10. The Balaban J connectivity index is 1.77. The molecule has 0 aromatic carbocycles. The molecule has 0 amide bonds. The van der Waals surface area contributed by atoms with Gasteiger partial charge in [0.25, 0.3) is 0 Å². The fourth-order valence-corrected chi connectivity index (χ4v) is 3.56. The Morgan fingerprint density at radius 1 is 1.18 bits per heavy atom. The van der Waals surface area contributed by atoms with Crippen molar-refractivity contribution in [1.82, 2.24) is 23.9 Å². The number of hydrogen-bond acceptors (Lipinski definition) is 6. The molecule has 0 aliphatic carbocycles. The van der Waals surface area contributed by atoms with Gasteiger partial charge in [0.15, 0.2) is 9.50 Å². The van der Waals surface area contributed by atoms with E-state index in [1.807, 2.05) is 24.4 Å². The number of imidazole rings is 1. The van der Waals surface area contributed by atoms with Crippen LogP contribution in [0.25, 0.3) is 0 Å². The number of nitrogens with zero attached hydrogens (tertiary/aromatic N) is 5. The summed E-state index contributed by atoms with van der Waals surface area (Å²) in [5, 5.41) is 0.905. The Morgan fingerprint density at radius 3 is 2.73 bits per heavy atom. The van der Waals surface area contributed by atoms with Crippen LogP contribution in [-0.4, -0.2) is 23.9 Å². The lowest BCUT2D eigenvalue weighted by atomic mass is 9.96. The second-order valence-corrected chi connectivity index (χ2v) is 7.86. The van der Waals surface area contributed by atoms with E-state index >= 15 is 0 Å². The van der Waals surface area contributed by atoms with Crippen molar-refractivity contribution in [2.75, 3.05) is 0 Å². The van der Waals surface area contributed by atoms with Crippen LogP contribution in [0, 0.1) is 0 Å². The lowest BCUT2D eigenvalue weighted by Crippen LogP contribution is -2.12. The highest BCUT2D eigenvalue weighted by atomic mass is 32.2. The Hall–Kier alpha value is -1.73. The zero-order valence-electron chi connectivity index (χ0n) is 12.7. The minimum Gasteiger partial charge on any atom is -0.320 e. The van der Waals surface area contributed by atoms with E-state index in [2.05, 4.69) is 44.7 Å². The van der Waals surface area contributed by atoms with Gasteiger partial charge in [0.1, 0.15) is 5.82 Å². The fourth-order valence-electron chi connectivity index (χ4n) is 1.82. The fraction of sp³-hybridized carbons (Fsp3) is 0.333. The van der Waals surface area contributed by atoms with Crippen molar-refractivity contribution in [2.45, 2.75) is 42.2 Å². The summed E-state index contributed by atoms with van der Waals surface area (Å²) in [5.41, 5.74) is 0.980. The minimum absolute atomic E-state index is 0.0291. The molecule has 3 heterocycles. The van der Waals surface area contributed by atoms with E-state index < -0.39 is 0 Å². The van der Waals surface area contributed by atoms with Gasteiger partial charge < -0.3 is 4.57 Å². The van der Waals surface area contributed by atoms with E-state index in [-0.39, 0.29) is 5.41 Å². The van der Waals surface area contributed by atoms with Crippen molar-refractivity contribution in [2.24, 2.45) is 0 Å². The lowest BCUT2D eigenvalue weighted by molar-refractivity contribution is 0.551. The van der Waals surface area contributed by atoms with Crippen LogP contribution in [0.5, 0.6) is 0 Å². The molecule has 3 aromatic heterocycles. The Kier molecular flexibility index (Phi) is 4.26. The summed E-state index contributed by atoms with van der Waals surface area (Å²) in [6.07, 6.45) is 5.57. The molecule has 0 aliphatic heterocycles. The smallest absolute Gasteiger partial charge is 0.177 e. The second-order valence-electron chi connectivity index (χ2n) is 5.89. The molecule has 0 saturated heterocycles. The van der Waals surface area contributed by atoms with Crippen LogP contribution in [0.15, 0.2) is 46.3 Å². The van der Waals surface area contributed by atoms with Gasteiger partial charge in [-0.1, -0.05) is 26.8 Å². The predicted molar refractivity (Wildman–Crippen MR) is 88.3 cm³/mol. The molecule has 0 unspecified atom stereocenters. The number of aromatic nitrogens is 5. The topological polar surface area (TPSA) is 56.5 Å². The van der Waals surface area contributed by atoms with E-state index in [0.717, 1.165) is 21.0 Å². The van der Waals surface area contributed by atoms with Gasteiger partial charge in [0, 0.05) is 24.0 Å².